The van der Waals surface area contributed by atoms with Crippen molar-refractivity contribution in [3.8, 4) is 0 Å². The zero-order valence-corrected chi connectivity index (χ0v) is 10.7. The van der Waals surface area contributed by atoms with Crippen molar-refractivity contribution in [2.45, 2.75) is 6.92 Å². The van der Waals surface area contributed by atoms with Gasteiger partial charge in [0.25, 0.3) is 5.69 Å². The molecule has 0 saturated carbocycles. The summed E-state index contributed by atoms with van der Waals surface area (Å²) in [4.78, 5) is 21.0. The lowest BCUT2D eigenvalue weighted by atomic mass is 10.1. The van der Waals surface area contributed by atoms with E-state index in [4.69, 9.17) is 0 Å². The van der Waals surface area contributed by atoms with E-state index in [2.05, 4.69) is 21.2 Å². The van der Waals surface area contributed by atoms with Gasteiger partial charge in [-0.25, -0.2) is 0 Å². The number of rotatable bonds is 4. The molecule has 0 bridgehead atoms. The Hall–Kier alpha value is -1.69. The fourth-order valence-corrected chi connectivity index (χ4v) is 1.55. The molecule has 90 valence electrons. The smallest absolute Gasteiger partial charge is 0.277 e. The van der Waals surface area contributed by atoms with Gasteiger partial charge in [0.2, 0.25) is 5.91 Å². The number of nitro groups is 1. The van der Waals surface area contributed by atoms with Crippen LogP contribution in [0, 0.1) is 10.1 Å². The average Bonchev–Trinajstić information content (AvgIpc) is 2.25. The van der Waals surface area contributed by atoms with Crippen LogP contribution in [0.2, 0.25) is 0 Å². The zero-order chi connectivity index (χ0) is 12.8. The molecular formula is C11H11BrN2O3. The first-order chi connectivity index (χ1) is 8.00. The Labute approximate surface area is 107 Å². The van der Waals surface area contributed by atoms with Gasteiger partial charge in [-0.2, -0.15) is 0 Å². The Kier molecular flexibility index (Phi) is 4.84. The molecule has 0 radical (unpaired) electrons. The highest BCUT2D eigenvalue weighted by Gasteiger charge is 2.11. The lowest BCUT2D eigenvalue weighted by molar-refractivity contribution is -0.385. The molecule has 0 atom stereocenters. The van der Waals surface area contributed by atoms with Crippen LogP contribution >= 0.6 is 15.9 Å². The number of nitrogens with zero attached hydrogens (tertiary/aromatic N) is 1. The molecule has 0 fully saturated rings. The molecule has 1 amide bonds. The van der Waals surface area contributed by atoms with E-state index in [1.54, 1.807) is 24.3 Å². The molecule has 0 spiro atoms. The van der Waals surface area contributed by atoms with E-state index >= 15 is 0 Å². The Morgan fingerprint density at radius 2 is 2.29 bits per heavy atom. The summed E-state index contributed by atoms with van der Waals surface area (Å²) in [6, 6.07) is 4.82. The molecule has 17 heavy (non-hydrogen) atoms. The predicted octanol–water partition coefficient (Wildman–Crippen LogP) is 2.51. The number of halogens is 1. The summed E-state index contributed by atoms with van der Waals surface area (Å²) in [5, 5.41) is 13.4. The third kappa shape index (κ3) is 4.36. The first-order valence-corrected chi connectivity index (χ1v) is 5.65. The maximum absolute atomic E-state index is 10.8. The largest absolute Gasteiger partial charge is 0.353 e. The van der Waals surface area contributed by atoms with Gasteiger partial charge >= 0.3 is 0 Å². The van der Waals surface area contributed by atoms with Gasteiger partial charge in [0, 0.05) is 24.0 Å². The highest BCUT2D eigenvalue weighted by atomic mass is 79.9. The van der Waals surface area contributed by atoms with Crippen LogP contribution in [0.1, 0.15) is 12.5 Å². The van der Waals surface area contributed by atoms with Crippen molar-refractivity contribution >= 4 is 33.6 Å². The van der Waals surface area contributed by atoms with Crippen molar-refractivity contribution in [2.24, 2.45) is 0 Å². The SMILES string of the molecule is CC(=O)NCC=Cc1ccc(Br)cc1[N+](=O)[O-]. The normalized spacial score (nSPS) is 10.5. The first kappa shape index (κ1) is 13.4. The highest BCUT2D eigenvalue weighted by molar-refractivity contribution is 9.10. The second kappa shape index (κ2) is 6.15. The van der Waals surface area contributed by atoms with E-state index in [0.29, 0.717) is 16.6 Å². The number of hydrogen-bond acceptors (Lipinski definition) is 3. The second-order valence-corrected chi connectivity index (χ2v) is 4.22. The number of benzene rings is 1. The third-order valence-electron chi connectivity index (χ3n) is 1.96. The molecule has 0 aliphatic carbocycles. The van der Waals surface area contributed by atoms with Gasteiger partial charge in [0.05, 0.1) is 10.5 Å². The number of nitro benzene ring substituents is 1. The Morgan fingerprint density at radius 1 is 1.59 bits per heavy atom. The maximum Gasteiger partial charge on any atom is 0.277 e. The lowest BCUT2D eigenvalue weighted by Crippen LogP contribution is -2.19. The van der Waals surface area contributed by atoms with Gasteiger partial charge in [0.15, 0.2) is 0 Å². The van der Waals surface area contributed by atoms with E-state index in [1.165, 1.54) is 13.0 Å². The maximum atomic E-state index is 10.8. The number of carbonyl (C=O) groups is 1. The fourth-order valence-electron chi connectivity index (χ4n) is 1.20. The highest BCUT2D eigenvalue weighted by Crippen LogP contribution is 2.24. The minimum absolute atomic E-state index is 0.0263. The van der Waals surface area contributed by atoms with Crippen molar-refractivity contribution in [1.29, 1.82) is 0 Å². The van der Waals surface area contributed by atoms with Crippen LogP contribution in [0.15, 0.2) is 28.7 Å². The Bertz CT molecular complexity index is 472. The van der Waals surface area contributed by atoms with Crippen molar-refractivity contribution < 1.29 is 9.72 Å². The predicted molar refractivity (Wildman–Crippen MR) is 68.5 cm³/mol. The Morgan fingerprint density at radius 3 is 2.88 bits per heavy atom. The molecule has 0 aliphatic heterocycles. The van der Waals surface area contributed by atoms with Crippen LogP contribution in [0.4, 0.5) is 5.69 Å². The van der Waals surface area contributed by atoms with Gasteiger partial charge in [-0.3, -0.25) is 14.9 Å². The summed E-state index contributed by atoms with van der Waals surface area (Å²) < 4.78 is 0.656. The van der Waals surface area contributed by atoms with Crippen LogP contribution in [0.5, 0.6) is 0 Å². The molecule has 1 aromatic carbocycles. The monoisotopic (exact) mass is 298 g/mol. The van der Waals surface area contributed by atoms with Gasteiger partial charge < -0.3 is 5.32 Å². The second-order valence-electron chi connectivity index (χ2n) is 3.30. The van der Waals surface area contributed by atoms with Crippen LogP contribution in [0.3, 0.4) is 0 Å². The number of hydrogen-bond donors (Lipinski definition) is 1. The van der Waals surface area contributed by atoms with E-state index in [-0.39, 0.29) is 11.6 Å². The zero-order valence-electron chi connectivity index (χ0n) is 9.14. The molecule has 1 N–H and O–H groups in total. The minimum atomic E-state index is -0.442. The molecule has 0 unspecified atom stereocenters. The summed E-state index contributed by atoms with van der Waals surface area (Å²) in [5.74, 6) is -0.139. The first-order valence-electron chi connectivity index (χ1n) is 4.85. The number of carbonyl (C=O) groups excluding carboxylic acids is 1. The van der Waals surface area contributed by atoms with Gasteiger partial charge in [0.1, 0.15) is 0 Å². The molecule has 0 aromatic heterocycles. The molecule has 1 aromatic rings. The van der Waals surface area contributed by atoms with E-state index < -0.39 is 4.92 Å². The summed E-state index contributed by atoms with van der Waals surface area (Å²) in [5.41, 5.74) is 0.530. The fraction of sp³-hybridized carbons (Fsp3) is 0.182. The van der Waals surface area contributed by atoms with E-state index in [1.807, 2.05) is 0 Å². The third-order valence-corrected chi connectivity index (χ3v) is 2.45. The number of nitrogens with one attached hydrogen (secondary N) is 1. The number of amides is 1. The van der Waals surface area contributed by atoms with Crippen LogP contribution in [0.25, 0.3) is 6.08 Å². The molecule has 0 aliphatic rings. The van der Waals surface area contributed by atoms with Gasteiger partial charge in [-0.15, -0.1) is 0 Å². The van der Waals surface area contributed by atoms with Crippen molar-refractivity contribution in [3.05, 3.63) is 44.4 Å². The van der Waals surface area contributed by atoms with Gasteiger partial charge in [-0.1, -0.05) is 28.1 Å². The summed E-state index contributed by atoms with van der Waals surface area (Å²) in [6.45, 7) is 1.76. The van der Waals surface area contributed by atoms with Crippen molar-refractivity contribution in [2.75, 3.05) is 6.54 Å². The van der Waals surface area contributed by atoms with Crippen molar-refractivity contribution in [3.63, 3.8) is 0 Å². The molecule has 5 nitrogen and oxygen atoms in total. The van der Waals surface area contributed by atoms with E-state index in [9.17, 15) is 14.9 Å². The molecule has 0 heterocycles. The average molecular weight is 299 g/mol. The Balaban J connectivity index is 2.83. The molecule has 6 heteroatoms. The summed E-state index contributed by atoms with van der Waals surface area (Å²) in [6.07, 6.45) is 3.28. The standard InChI is InChI=1S/C11H11BrN2O3/c1-8(15)13-6-2-3-9-4-5-10(12)7-11(9)14(16)17/h2-5,7H,6H2,1H3,(H,13,15). The van der Waals surface area contributed by atoms with Crippen LogP contribution < -0.4 is 5.32 Å². The van der Waals surface area contributed by atoms with E-state index in [0.717, 1.165) is 0 Å². The molecule has 1 rings (SSSR count). The minimum Gasteiger partial charge on any atom is -0.353 e. The topological polar surface area (TPSA) is 72.2 Å². The van der Waals surface area contributed by atoms with Gasteiger partial charge in [-0.05, 0) is 12.1 Å². The lowest BCUT2D eigenvalue weighted by Gasteiger charge is -1.99. The summed E-state index contributed by atoms with van der Waals surface area (Å²) >= 11 is 3.18. The quantitative estimate of drug-likeness (QED) is 0.686. The molecular weight excluding hydrogens is 288 g/mol. The van der Waals surface area contributed by atoms with Crippen LogP contribution in [-0.2, 0) is 4.79 Å². The van der Waals surface area contributed by atoms with Crippen molar-refractivity contribution in [1.82, 2.24) is 5.32 Å². The van der Waals surface area contributed by atoms with Crippen LogP contribution in [-0.4, -0.2) is 17.4 Å². The summed E-state index contributed by atoms with van der Waals surface area (Å²) in [7, 11) is 0. The molecule has 0 saturated heterocycles.